The summed E-state index contributed by atoms with van der Waals surface area (Å²) in [7, 11) is -1.00. The van der Waals surface area contributed by atoms with Gasteiger partial charge in [-0.25, -0.2) is 4.79 Å². The van der Waals surface area contributed by atoms with Crippen LogP contribution < -0.4 is 123 Å². The van der Waals surface area contributed by atoms with Gasteiger partial charge in [-0.1, -0.05) is 28.1 Å². The first-order valence-corrected chi connectivity index (χ1v) is 19.6. The van der Waals surface area contributed by atoms with Gasteiger partial charge in [-0.3, -0.25) is 72.8 Å². The maximum Gasteiger partial charge on any atom is 1.00 e. The third-order valence-corrected chi connectivity index (χ3v) is 8.67. The Morgan fingerprint density at radius 1 is 0.800 bits per heavy atom. The SMILES string of the molecule is CC(C)(C)OC(=O)CBr.CC(C)(C)OC(=O)COc1cccc2c1C(=O)N(C1CCC(=O)NC1=O)C2=O.O=C1CCC(N2C(=O)c3cccc(O)c3C2=O)C(=O)N1.O=CO[O-].[2H]CF.[H-].[K+].[K+]. The first kappa shape index (κ1) is 59.7. The fraction of sp³-hybridized carbons (Fsp3) is 0.425. The second-order valence-electron chi connectivity index (χ2n) is 15.1. The van der Waals surface area contributed by atoms with Gasteiger partial charge in [0.25, 0.3) is 30.1 Å². The molecule has 8 amide bonds. The van der Waals surface area contributed by atoms with E-state index in [-0.39, 0.29) is 187 Å². The van der Waals surface area contributed by atoms with E-state index >= 15 is 0 Å². The zero-order valence-electron chi connectivity index (χ0n) is 38.8. The molecule has 2 aromatic rings. The van der Waals surface area contributed by atoms with E-state index in [1.165, 1.54) is 36.4 Å². The van der Waals surface area contributed by atoms with Crippen molar-refractivity contribution >= 4 is 81.6 Å². The standard InChI is InChI=1S/C19H20N2O7.C13H10N2O5.C6H11BrO2.CH3F.CH2O3.2K.H/c1-19(2,3)28-14(23)9-27-12-6-4-5-10-15(12)18(26)21(17(10)25)11-7-8-13(22)20-16(11)24;16-8-3-1-2-6-10(8)13(20)15(12(6)19)7-4-5-9(17)14-11(7)18;1-6(2,3)9-5(8)4-7;1-2;2-1-4-3;;;/h4-6,11H,7-9H2,1-3H3,(H,20,22,24);1-3,7,16H,4-5H2,(H,14,17,18);4H2,1-3H3;1H3;1,3H;;;/q;;;;;2*+1;-1/p-1/i;;;1D;;;;. The molecule has 0 aromatic heterocycles. The van der Waals surface area contributed by atoms with E-state index in [2.05, 4.69) is 31.5 Å². The summed E-state index contributed by atoms with van der Waals surface area (Å²) in [6.07, 6.45) is 0.253. The van der Waals surface area contributed by atoms with Crippen LogP contribution in [-0.2, 0) is 47.9 Å². The molecule has 0 radical (unpaired) electrons. The third kappa shape index (κ3) is 17.7. The summed E-state index contributed by atoms with van der Waals surface area (Å²) < 4.78 is 31.0. The summed E-state index contributed by atoms with van der Waals surface area (Å²) in [5.41, 5.74) is -1.00. The number of aromatic hydroxyl groups is 1. The number of phenolic OH excluding ortho intramolecular Hbond substituents is 1. The van der Waals surface area contributed by atoms with Crippen LogP contribution in [0.25, 0.3) is 0 Å². The van der Waals surface area contributed by atoms with E-state index in [9.17, 15) is 57.4 Å². The molecule has 0 aliphatic carbocycles. The summed E-state index contributed by atoms with van der Waals surface area (Å²) in [4.78, 5) is 132. The number of halogens is 2. The van der Waals surface area contributed by atoms with Crippen LogP contribution in [0.3, 0.4) is 0 Å². The molecule has 3 N–H and O–H groups in total. The van der Waals surface area contributed by atoms with Gasteiger partial charge in [-0.15, -0.1) is 0 Å². The van der Waals surface area contributed by atoms with Gasteiger partial charge in [0, 0.05) is 12.8 Å². The number of nitrogens with one attached hydrogen (secondary N) is 2. The Kier molecular flexibility index (Phi) is 25.8. The monoisotopic (exact) mass is 1030 g/mol. The van der Waals surface area contributed by atoms with Crippen molar-refractivity contribution in [1.82, 2.24) is 20.4 Å². The Labute approximate surface area is 468 Å². The van der Waals surface area contributed by atoms with Crippen LogP contribution in [0, 0.1) is 0 Å². The van der Waals surface area contributed by atoms with Crippen LogP contribution in [0.15, 0.2) is 36.4 Å². The van der Waals surface area contributed by atoms with Gasteiger partial charge in [-0.2, -0.15) is 0 Å². The van der Waals surface area contributed by atoms with E-state index in [1.807, 2.05) is 20.8 Å². The van der Waals surface area contributed by atoms with Crippen molar-refractivity contribution in [3.8, 4) is 11.5 Å². The van der Waals surface area contributed by atoms with Crippen molar-refractivity contribution < 1.29 is 192 Å². The Morgan fingerprint density at radius 3 is 1.57 bits per heavy atom. The van der Waals surface area contributed by atoms with Crippen LogP contribution >= 0.6 is 15.9 Å². The maximum absolute atomic E-state index is 12.9. The Morgan fingerprint density at radius 2 is 1.20 bits per heavy atom. The molecule has 4 heterocycles. The van der Waals surface area contributed by atoms with Crippen LogP contribution in [-0.4, -0.2) is 123 Å². The van der Waals surface area contributed by atoms with Crippen LogP contribution in [0.5, 0.6) is 11.5 Å². The smallest absolute Gasteiger partial charge is 1.00 e. The van der Waals surface area contributed by atoms with Crippen LogP contribution in [0.2, 0.25) is 0 Å². The van der Waals surface area contributed by atoms with Gasteiger partial charge in [-0.05, 0) is 78.6 Å². The fourth-order valence-electron chi connectivity index (χ4n) is 5.98. The molecule has 0 saturated carbocycles. The summed E-state index contributed by atoms with van der Waals surface area (Å²) in [6, 6.07) is 6.52. The quantitative estimate of drug-likeness (QED) is 0.0448. The summed E-state index contributed by atoms with van der Waals surface area (Å²) in [5.74, 6) is -6.00. The number of phenols is 1. The van der Waals surface area contributed by atoms with E-state index in [0.717, 1.165) is 9.80 Å². The van der Waals surface area contributed by atoms with Gasteiger partial charge >= 0.3 is 115 Å². The second kappa shape index (κ2) is 28.1. The van der Waals surface area contributed by atoms with Crippen molar-refractivity contribution in [2.24, 2.45) is 0 Å². The molecule has 2 unspecified atom stereocenters. The van der Waals surface area contributed by atoms with Gasteiger partial charge in [0.2, 0.25) is 23.6 Å². The molecule has 65 heavy (non-hydrogen) atoms. The van der Waals surface area contributed by atoms with Crippen LogP contribution in [0.1, 0.15) is 111 Å². The molecule has 2 fully saturated rings. The number of carbonyl (C=O) groups is 11. The first-order chi connectivity index (χ1) is 29.9. The number of fused-ring (bicyclic) bond motifs is 2. The second-order valence-corrected chi connectivity index (χ2v) is 15.6. The molecule has 0 spiro atoms. The Hall–Kier alpha value is -3.35. The molecule has 0 bridgehead atoms. The van der Waals surface area contributed by atoms with Crippen molar-refractivity contribution in [3.05, 3.63) is 58.7 Å². The third-order valence-electron chi connectivity index (χ3n) is 8.21. The van der Waals surface area contributed by atoms with E-state index in [1.54, 1.807) is 20.8 Å². The molecule has 2 atom stereocenters. The number of amides is 8. The molecule has 25 heteroatoms. The van der Waals surface area contributed by atoms with Crippen molar-refractivity contribution in [2.45, 2.75) is 90.5 Å². The maximum atomic E-state index is 12.9. The number of hydrogen-bond acceptors (Lipinski definition) is 17. The fourth-order valence-corrected chi connectivity index (χ4v) is 6.09. The summed E-state index contributed by atoms with van der Waals surface area (Å²) >= 11 is 2.99. The van der Waals surface area contributed by atoms with E-state index in [4.69, 9.17) is 25.6 Å². The molecular weight excluding hydrogens is 986 g/mol. The zero-order chi connectivity index (χ0) is 48.7. The van der Waals surface area contributed by atoms with E-state index in [0.29, 0.717) is 0 Å². The molecule has 4 aliphatic rings. The summed E-state index contributed by atoms with van der Waals surface area (Å²) in [6.45, 7) is 10.0. The molecule has 2 saturated heterocycles. The molecule has 4 aliphatic heterocycles. The minimum absolute atomic E-state index is 0. The largest absolute Gasteiger partial charge is 1.00 e. The molecule has 6 rings (SSSR count). The van der Waals surface area contributed by atoms with Crippen molar-refractivity contribution in [2.75, 3.05) is 19.1 Å². The topological polar surface area (TPSA) is 299 Å². The predicted octanol–water partition coefficient (Wildman–Crippen LogP) is -4.53. The number of imide groups is 4. The Bertz CT molecular complexity index is 2180. The number of carbonyl (C=O) groups excluding carboxylic acids is 11. The van der Waals surface area contributed by atoms with Gasteiger partial charge < -0.3 is 30.9 Å². The van der Waals surface area contributed by atoms with E-state index < -0.39 is 84.7 Å². The first-order valence-electron chi connectivity index (χ1n) is 19.2. The number of piperidine rings is 2. The number of alkyl halides is 2. The zero-order valence-corrected chi connectivity index (χ0v) is 44.6. The molecule has 2 aromatic carbocycles. The number of hydrogen-bond donors (Lipinski definition) is 3. The van der Waals surface area contributed by atoms with Crippen molar-refractivity contribution in [3.63, 3.8) is 0 Å². The number of benzene rings is 2. The molecular formula is C40H46BrFK2N4O17. The number of nitrogens with zero attached hydrogens (tertiary/aromatic N) is 2. The minimum atomic E-state index is -1.07. The number of esters is 2. The molecule has 21 nitrogen and oxygen atoms in total. The van der Waals surface area contributed by atoms with Crippen LogP contribution in [0.4, 0.5) is 4.39 Å². The molecule has 344 valence electrons. The predicted molar refractivity (Wildman–Crippen MR) is 214 cm³/mol. The average molecular weight is 1030 g/mol. The Balaban J connectivity index is 0. The van der Waals surface area contributed by atoms with Gasteiger partial charge in [0.05, 0.1) is 30.8 Å². The summed E-state index contributed by atoms with van der Waals surface area (Å²) in [5, 5.41) is 22.6. The number of rotatable bonds is 7. The van der Waals surface area contributed by atoms with Gasteiger partial charge in [0.15, 0.2) is 6.61 Å². The average Bonchev–Trinajstić information content (AvgIpc) is 3.61. The number of ether oxygens (including phenoxy) is 3. The normalized spacial score (nSPS) is 17.3. The van der Waals surface area contributed by atoms with Crippen molar-refractivity contribution in [1.29, 1.82) is 0 Å². The minimum Gasteiger partial charge on any atom is -1.00 e. The van der Waals surface area contributed by atoms with Gasteiger partial charge in [0.1, 0.15) is 40.1 Å².